The van der Waals surface area contributed by atoms with E-state index >= 15 is 0 Å². The van der Waals surface area contributed by atoms with Crippen LogP contribution in [-0.2, 0) is 0 Å². The van der Waals surface area contributed by atoms with Gasteiger partial charge < -0.3 is 9.80 Å². The zero-order chi connectivity index (χ0) is 21.7. The molecule has 1 aliphatic rings. The Balaban J connectivity index is 2.00. The molecule has 4 heteroatoms. The Morgan fingerprint density at radius 2 is 1.07 bits per heavy atom. The van der Waals surface area contributed by atoms with Gasteiger partial charge in [-0.3, -0.25) is 0 Å². The Hall–Kier alpha value is -3.76. The number of anilines is 2. The molecule has 0 unspecified atom stereocenters. The maximum Gasteiger partial charge on any atom is 0.137 e. The van der Waals surface area contributed by atoms with Crippen molar-refractivity contribution in [2.24, 2.45) is 0 Å². The van der Waals surface area contributed by atoms with Gasteiger partial charge in [0.1, 0.15) is 17.7 Å². The molecule has 0 aliphatic heterocycles. The number of nitrogens with zero attached hydrogens (tertiary/aromatic N) is 4. The summed E-state index contributed by atoms with van der Waals surface area (Å²) in [7, 11) is 8.05. The Morgan fingerprint density at radius 1 is 0.700 bits per heavy atom. The number of rotatable bonds is 4. The van der Waals surface area contributed by atoms with Crippen molar-refractivity contribution >= 4 is 23.5 Å². The number of hydrogen-bond donors (Lipinski definition) is 0. The maximum absolute atomic E-state index is 9.55. The molecule has 1 fully saturated rings. The van der Waals surface area contributed by atoms with E-state index in [1.165, 1.54) is 0 Å². The molecule has 2 aromatic carbocycles. The van der Waals surface area contributed by atoms with Gasteiger partial charge in [0.25, 0.3) is 0 Å². The predicted octanol–water partition coefficient (Wildman–Crippen LogP) is 5.42. The van der Waals surface area contributed by atoms with Crippen molar-refractivity contribution in [3.63, 3.8) is 0 Å². The molecule has 0 radical (unpaired) electrons. The highest BCUT2D eigenvalue weighted by Crippen LogP contribution is 2.40. The van der Waals surface area contributed by atoms with Crippen LogP contribution in [0.25, 0.3) is 12.2 Å². The van der Waals surface area contributed by atoms with Crippen molar-refractivity contribution in [1.82, 2.24) is 0 Å². The topological polar surface area (TPSA) is 54.1 Å². The molecule has 30 heavy (non-hydrogen) atoms. The molecule has 150 valence electrons. The summed E-state index contributed by atoms with van der Waals surface area (Å²) in [4.78, 5) is 4.12. The molecule has 0 aromatic heterocycles. The fourth-order valence-electron chi connectivity index (χ4n) is 3.61. The molecule has 4 nitrogen and oxygen atoms in total. The van der Waals surface area contributed by atoms with Crippen LogP contribution < -0.4 is 9.80 Å². The van der Waals surface area contributed by atoms with Crippen molar-refractivity contribution in [1.29, 1.82) is 10.5 Å². The van der Waals surface area contributed by atoms with E-state index < -0.39 is 0 Å². The minimum atomic E-state index is 0.180. The van der Waals surface area contributed by atoms with Gasteiger partial charge in [-0.1, -0.05) is 36.4 Å². The van der Waals surface area contributed by atoms with Gasteiger partial charge in [0.05, 0.1) is 0 Å². The van der Waals surface area contributed by atoms with E-state index in [-0.39, 0.29) is 5.57 Å². The first-order valence-corrected chi connectivity index (χ1v) is 9.94. The molecule has 0 atom stereocenters. The summed E-state index contributed by atoms with van der Waals surface area (Å²) in [5.41, 5.74) is 7.46. The van der Waals surface area contributed by atoms with Crippen molar-refractivity contribution in [3.8, 4) is 12.1 Å². The van der Waals surface area contributed by atoms with Crippen molar-refractivity contribution in [2.45, 2.75) is 12.8 Å². The highest BCUT2D eigenvalue weighted by Gasteiger charge is 2.23. The summed E-state index contributed by atoms with van der Waals surface area (Å²) in [6, 6.07) is 20.8. The molecule has 0 bridgehead atoms. The minimum Gasteiger partial charge on any atom is -0.378 e. The summed E-state index contributed by atoms with van der Waals surface area (Å²) in [5.74, 6) is 0. The second kappa shape index (κ2) is 9.16. The zero-order valence-electron chi connectivity index (χ0n) is 18.0. The lowest BCUT2D eigenvalue weighted by atomic mass is 9.97. The predicted molar refractivity (Wildman–Crippen MR) is 125 cm³/mol. The highest BCUT2D eigenvalue weighted by atomic mass is 15.1. The van der Waals surface area contributed by atoms with Crippen molar-refractivity contribution < 1.29 is 0 Å². The van der Waals surface area contributed by atoms with Crippen molar-refractivity contribution in [2.75, 3.05) is 38.0 Å². The van der Waals surface area contributed by atoms with Gasteiger partial charge in [0.2, 0.25) is 0 Å². The molecule has 1 saturated carbocycles. The van der Waals surface area contributed by atoms with Gasteiger partial charge in [-0.25, -0.2) is 0 Å². The smallest absolute Gasteiger partial charge is 0.137 e. The van der Waals surface area contributed by atoms with Gasteiger partial charge in [0, 0.05) is 45.1 Å². The Labute approximate surface area is 179 Å². The average molecular weight is 395 g/mol. The zero-order valence-corrected chi connectivity index (χ0v) is 18.0. The molecule has 1 aliphatic carbocycles. The lowest BCUT2D eigenvalue weighted by Gasteiger charge is -2.12. The summed E-state index contributed by atoms with van der Waals surface area (Å²) < 4.78 is 0. The fraction of sp³-hybridized carbons (Fsp3) is 0.231. The standard InChI is InChI=1S/C26H26N4/c1-29(2)24-11-5-19(6-12-24)15-21-9-10-22(26(21)23(17-27)18-28)16-20-7-13-25(14-8-20)30(3)4/h5-8,11-16H,9-10H2,1-4H3/b21-15+,22-16+. The van der Waals surface area contributed by atoms with Crippen LogP contribution in [0.2, 0.25) is 0 Å². The highest BCUT2D eigenvalue weighted by molar-refractivity contribution is 5.75. The first-order valence-electron chi connectivity index (χ1n) is 9.94. The molecular weight excluding hydrogens is 368 g/mol. The van der Waals surface area contributed by atoms with E-state index in [1.54, 1.807) is 0 Å². The summed E-state index contributed by atoms with van der Waals surface area (Å²) in [6.45, 7) is 0. The average Bonchev–Trinajstić information content (AvgIpc) is 3.12. The lowest BCUT2D eigenvalue weighted by molar-refractivity contribution is 1.06. The maximum atomic E-state index is 9.55. The number of nitriles is 2. The second-order valence-electron chi connectivity index (χ2n) is 7.78. The third-order valence-electron chi connectivity index (χ3n) is 5.28. The Kier molecular flexibility index (Phi) is 6.40. The van der Waals surface area contributed by atoms with Crippen LogP contribution in [0.4, 0.5) is 11.4 Å². The quantitative estimate of drug-likeness (QED) is 0.650. The van der Waals surface area contributed by atoms with E-state index in [0.717, 1.165) is 52.1 Å². The number of hydrogen-bond acceptors (Lipinski definition) is 4. The van der Waals surface area contributed by atoms with Crippen LogP contribution in [0.5, 0.6) is 0 Å². The molecule has 3 rings (SSSR count). The largest absolute Gasteiger partial charge is 0.378 e. The van der Waals surface area contributed by atoms with Crippen LogP contribution in [0.15, 0.2) is 70.8 Å². The lowest BCUT2D eigenvalue weighted by Crippen LogP contribution is -2.07. The van der Waals surface area contributed by atoms with E-state index in [4.69, 9.17) is 0 Å². The number of benzene rings is 2. The van der Waals surface area contributed by atoms with Gasteiger partial charge in [-0.15, -0.1) is 0 Å². The molecule has 0 N–H and O–H groups in total. The van der Waals surface area contributed by atoms with Crippen LogP contribution in [0.3, 0.4) is 0 Å². The van der Waals surface area contributed by atoms with Gasteiger partial charge in [0.15, 0.2) is 0 Å². The molecule has 0 saturated heterocycles. The molecular formula is C26H26N4. The molecule has 0 spiro atoms. The summed E-state index contributed by atoms with van der Waals surface area (Å²) >= 11 is 0. The fourth-order valence-corrected chi connectivity index (χ4v) is 3.61. The first kappa shape index (κ1) is 21.0. The third-order valence-corrected chi connectivity index (χ3v) is 5.28. The van der Waals surface area contributed by atoms with Gasteiger partial charge >= 0.3 is 0 Å². The molecule has 2 aromatic rings. The molecule has 0 amide bonds. The number of allylic oxidation sites excluding steroid dienone is 4. The van der Waals surface area contributed by atoms with Crippen LogP contribution in [-0.4, -0.2) is 28.2 Å². The Morgan fingerprint density at radius 3 is 1.37 bits per heavy atom. The van der Waals surface area contributed by atoms with Crippen molar-refractivity contribution in [3.05, 3.63) is 82.0 Å². The van der Waals surface area contributed by atoms with E-state index in [9.17, 15) is 10.5 Å². The van der Waals surface area contributed by atoms with E-state index in [2.05, 4.69) is 82.6 Å². The summed E-state index contributed by atoms with van der Waals surface area (Å²) in [6.07, 6.45) is 5.83. The monoisotopic (exact) mass is 394 g/mol. The first-order chi connectivity index (χ1) is 14.4. The van der Waals surface area contributed by atoms with Crippen LogP contribution in [0.1, 0.15) is 24.0 Å². The minimum absolute atomic E-state index is 0.180. The van der Waals surface area contributed by atoms with E-state index in [0.29, 0.717) is 0 Å². The van der Waals surface area contributed by atoms with Gasteiger partial charge in [-0.05, 0) is 59.4 Å². The second-order valence-corrected chi connectivity index (χ2v) is 7.78. The SMILES string of the molecule is CN(C)c1ccc(/C=C2\CC/C(=C\c3ccc(N(C)C)cc3)C2=C(C#N)C#N)cc1. The van der Waals surface area contributed by atoms with E-state index in [1.807, 2.05) is 28.2 Å². The summed E-state index contributed by atoms with van der Waals surface area (Å²) in [5, 5.41) is 19.1. The molecule has 0 heterocycles. The Bertz CT molecular complexity index is 996. The third kappa shape index (κ3) is 4.62. The van der Waals surface area contributed by atoms with Gasteiger partial charge in [-0.2, -0.15) is 10.5 Å². The normalized spacial score (nSPS) is 15.7. The van der Waals surface area contributed by atoms with Crippen LogP contribution >= 0.6 is 0 Å². The van der Waals surface area contributed by atoms with Crippen LogP contribution in [0, 0.1) is 22.7 Å².